The molecule has 1 saturated carbocycles. The third-order valence-corrected chi connectivity index (χ3v) is 3.03. The van der Waals surface area contributed by atoms with Crippen LogP contribution in [0.5, 0.6) is 0 Å². The summed E-state index contributed by atoms with van der Waals surface area (Å²) in [5.74, 6) is 1.46. The second kappa shape index (κ2) is 5.35. The zero-order valence-corrected chi connectivity index (χ0v) is 9.44. The lowest BCUT2D eigenvalue weighted by Gasteiger charge is -2.19. The van der Waals surface area contributed by atoms with Crippen molar-refractivity contribution >= 4 is 6.09 Å². The van der Waals surface area contributed by atoms with Gasteiger partial charge in [-0.25, -0.2) is 4.79 Å². The number of hydrogen-bond donors (Lipinski definition) is 3. The van der Waals surface area contributed by atoms with E-state index in [2.05, 4.69) is 19.2 Å². The summed E-state index contributed by atoms with van der Waals surface area (Å²) in [7, 11) is 0. The number of aliphatic hydroxyl groups excluding tert-OH is 1. The van der Waals surface area contributed by atoms with E-state index in [1.807, 2.05) is 0 Å². The topological polar surface area (TPSA) is 69.6 Å². The van der Waals surface area contributed by atoms with E-state index in [0.29, 0.717) is 17.8 Å². The van der Waals surface area contributed by atoms with Crippen LogP contribution >= 0.6 is 0 Å². The average molecular weight is 215 g/mol. The van der Waals surface area contributed by atoms with Crippen LogP contribution in [0.3, 0.4) is 0 Å². The molecule has 4 heteroatoms. The Kier molecular flexibility index (Phi) is 4.39. The number of amides is 1. The summed E-state index contributed by atoms with van der Waals surface area (Å²) in [5.41, 5.74) is 0. The van der Waals surface area contributed by atoms with Gasteiger partial charge in [0.1, 0.15) is 0 Å². The first-order valence-electron chi connectivity index (χ1n) is 5.65. The molecule has 1 aliphatic carbocycles. The van der Waals surface area contributed by atoms with Gasteiger partial charge in [-0.3, -0.25) is 0 Å². The third kappa shape index (κ3) is 4.08. The highest BCUT2D eigenvalue weighted by Gasteiger charge is 2.42. The summed E-state index contributed by atoms with van der Waals surface area (Å²) < 4.78 is 0. The molecule has 4 nitrogen and oxygen atoms in total. The Morgan fingerprint density at radius 1 is 1.53 bits per heavy atom. The SMILES string of the molecule is CC(C)C[C@H](NC(=O)O)C1CC1CCO. The van der Waals surface area contributed by atoms with E-state index in [4.69, 9.17) is 10.2 Å². The van der Waals surface area contributed by atoms with E-state index >= 15 is 0 Å². The lowest BCUT2D eigenvalue weighted by atomic mass is 9.98. The number of carboxylic acid groups (broad SMARTS) is 1. The van der Waals surface area contributed by atoms with Gasteiger partial charge in [-0.2, -0.15) is 0 Å². The Bertz CT molecular complexity index is 218. The first kappa shape index (κ1) is 12.3. The molecule has 0 saturated heterocycles. The van der Waals surface area contributed by atoms with Crippen LogP contribution in [-0.2, 0) is 0 Å². The van der Waals surface area contributed by atoms with E-state index in [1.54, 1.807) is 0 Å². The van der Waals surface area contributed by atoms with Gasteiger partial charge in [-0.05, 0) is 37.0 Å². The molecule has 0 aliphatic heterocycles. The second-order valence-electron chi connectivity index (χ2n) is 4.86. The van der Waals surface area contributed by atoms with Gasteiger partial charge in [0.25, 0.3) is 0 Å². The molecule has 0 spiro atoms. The predicted octanol–water partition coefficient (Wildman–Crippen LogP) is 1.69. The van der Waals surface area contributed by atoms with Crippen molar-refractivity contribution in [2.75, 3.05) is 6.61 Å². The number of carbonyl (C=O) groups is 1. The van der Waals surface area contributed by atoms with Gasteiger partial charge >= 0.3 is 6.09 Å². The van der Waals surface area contributed by atoms with E-state index in [0.717, 1.165) is 19.3 Å². The quantitative estimate of drug-likeness (QED) is 0.631. The highest BCUT2D eigenvalue weighted by molar-refractivity contribution is 5.65. The van der Waals surface area contributed by atoms with Crippen molar-refractivity contribution in [3.63, 3.8) is 0 Å². The van der Waals surface area contributed by atoms with Gasteiger partial charge in [0, 0.05) is 12.6 Å². The summed E-state index contributed by atoms with van der Waals surface area (Å²) >= 11 is 0. The molecular weight excluding hydrogens is 194 g/mol. The Balaban J connectivity index is 2.40. The monoisotopic (exact) mass is 215 g/mol. The predicted molar refractivity (Wildman–Crippen MR) is 57.7 cm³/mol. The number of aliphatic hydroxyl groups is 1. The minimum atomic E-state index is -0.935. The first-order valence-corrected chi connectivity index (χ1v) is 5.65. The van der Waals surface area contributed by atoms with Crippen molar-refractivity contribution in [3.8, 4) is 0 Å². The van der Waals surface area contributed by atoms with E-state index < -0.39 is 6.09 Å². The van der Waals surface area contributed by atoms with Crippen LogP contribution in [0.4, 0.5) is 4.79 Å². The fraction of sp³-hybridized carbons (Fsp3) is 0.909. The van der Waals surface area contributed by atoms with Crippen LogP contribution < -0.4 is 5.32 Å². The number of rotatable bonds is 6. The summed E-state index contributed by atoms with van der Waals surface area (Å²) in [5, 5.41) is 20.1. The molecule has 1 fully saturated rings. The molecule has 3 atom stereocenters. The summed E-state index contributed by atoms with van der Waals surface area (Å²) in [6, 6.07) is 0.0686. The van der Waals surface area contributed by atoms with Crippen molar-refractivity contribution in [1.29, 1.82) is 0 Å². The van der Waals surface area contributed by atoms with Gasteiger partial charge in [0.15, 0.2) is 0 Å². The molecule has 0 aromatic heterocycles. The van der Waals surface area contributed by atoms with Crippen molar-refractivity contribution in [2.45, 2.75) is 39.2 Å². The minimum absolute atomic E-state index is 0.0686. The van der Waals surface area contributed by atoms with Crippen LogP contribution in [0.15, 0.2) is 0 Å². The van der Waals surface area contributed by atoms with Gasteiger partial charge in [-0.1, -0.05) is 13.8 Å². The Morgan fingerprint density at radius 2 is 2.20 bits per heavy atom. The first-order chi connectivity index (χ1) is 7.04. The number of nitrogens with one attached hydrogen (secondary N) is 1. The molecule has 2 unspecified atom stereocenters. The number of hydrogen-bond acceptors (Lipinski definition) is 2. The zero-order valence-electron chi connectivity index (χ0n) is 9.44. The molecule has 1 amide bonds. The molecular formula is C11H21NO3. The smallest absolute Gasteiger partial charge is 0.404 e. The van der Waals surface area contributed by atoms with Gasteiger partial charge < -0.3 is 15.5 Å². The molecule has 0 aromatic carbocycles. The maximum absolute atomic E-state index is 10.6. The lowest BCUT2D eigenvalue weighted by Crippen LogP contribution is -2.36. The fourth-order valence-electron chi connectivity index (χ4n) is 2.27. The minimum Gasteiger partial charge on any atom is -0.465 e. The highest BCUT2D eigenvalue weighted by Crippen LogP contribution is 2.45. The molecule has 3 N–H and O–H groups in total. The van der Waals surface area contributed by atoms with Crippen molar-refractivity contribution in [1.82, 2.24) is 5.32 Å². The molecule has 0 heterocycles. The molecule has 0 aromatic rings. The molecule has 88 valence electrons. The normalized spacial score (nSPS) is 26.4. The zero-order chi connectivity index (χ0) is 11.4. The van der Waals surface area contributed by atoms with Crippen LogP contribution in [0.2, 0.25) is 0 Å². The van der Waals surface area contributed by atoms with Crippen LogP contribution in [0, 0.1) is 17.8 Å². The van der Waals surface area contributed by atoms with Gasteiger partial charge in [0.05, 0.1) is 0 Å². The van der Waals surface area contributed by atoms with Crippen molar-refractivity contribution in [2.24, 2.45) is 17.8 Å². The summed E-state index contributed by atoms with van der Waals surface area (Å²) in [6.07, 6.45) is 1.81. The summed E-state index contributed by atoms with van der Waals surface area (Å²) in [6.45, 7) is 4.41. The molecule has 0 radical (unpaired) electrons. The third-order valence-electron chi connectivity index (χ3n) is 3.03. The molecule has 1 rings (SSSR count). The largest absolute Gasteiger partial charge is 0.465 e. The van der Waals surface area contributed by atoms with Crippen LogP contribution in [0.1, 0.15) is 33.1 Å². The maximum Gasteiger partial charge on any atom is 0.404 e. The van der Waals surface area contributed by atoms with Gasteiger partial charge in [0.2, 0.25) is 0 Å². The maximum atomic E-state index is 10.6. The Hall–Kier alpha value is -0.770. The highest BCUT2D eigenvalue weighted by atomic mass is 16.4. The Morgan fingerprint density at radius 3 is 2.67 bits per heavy atom. The second-order valence-corrected chi connectivity index (χ2v) is 4.86. The molecule has 0 bridgehead atoms. The lowest BCUT2D eigenvalue weighted by molar-refractivity contribution is 0.184. The van der Waals surface area contributed by atoms with Crippen LogP contribution in [-0.4, -0.2) is 29.0 Å². The standard InChI is InChI=1S/C11H21NO3/c1-7(2)5-10(12-11(14)15)9-6-8(9)3-4-13/h7-10,12-13H,3-6H2,1-2H3,(H,14,15)/t8?,9?,10-/m0/s1. The van der Waals surface area contributed by atoms with E-state index in [-0.39, 0.29) is 12.6 Å². The van der Waals surface area contributed by atoms with Gasteiger partial charge in [-0.15, -0.1) is 0 Å². The van der Waals surface area contributed by atoms with Crippen molar-refractivity contribution < 1.29 is 15.0 Å². The Labute approximate surface area is 90.7 Å². The molecule has 15 heavy (non-hydrogen) atoms. The average Bonchev–Trinajstić information content (AvgIpc) is 2.81. The van der Waals surface area contributed by atoms with Crippen LogP contribution in [0.25, 0.3) is 0 Å². The van der Waals surface area contributed by atoms with E-state index in [1.165, 1.54) is 0 Å². The summed E-state index contributed by atoms with van der Waals surface area (Å²) in [4.78, 5) is 10.6. The van der Waals surface area contributed by atoms with Crippen molar-refractivity contribution in [3.05, 3.63) is 0 Å². The fourth-order valence-corrected chi connectivity index (χ4v) is 2.27. The molecule has 1 aliphatic rings. The van der Waals surface area contributed by atoms with E-state index in [9.17, 15) is 4.79 Å².